The van der Waals surface area contributed by atoms with Crippen LogP contribution in [0.1, 0.15) is 11.1 Å². The Kier molecular flexibility index (Phi) is 11.2. The van der Waals surface area contributed by atoms with E-state index < -0.39 is 0 Å². The zero-order valence-corrected chi connectivity index (χ0v) is 43.9. The van der Waals surface area contributed by atoms with E-state index in [4.69, 9.17) is 21.5 Å². The van der Waals surface area contributed by atoms with Crippen LogP contribution in [-0.2, 0) is 0 Å². The van der Waals surface area contributed by atoms with Crippen molar-refractivity contribution in [3.05, 3.63) is 277 Å². The number of hydrogen-bond donors (Lipinski definition) is 0. The molecule has 15 rings (SSSR count). The standard InChI is InChI=1S/C72H42BN9/c1-76-54-31-33-61-66(43-54)81(56-25-15-6-16-26-56)68-42-53(41-67-69(68)73(61)60-32-27-47(45-75)38-65(60)80(67)55-23-13-5-14-24-55)52-30-36-63-58(40-52)57-39-51(48-17-7-2-8-18-48)29-35-62(57)82(63)64-34-28-46(44-74)37-59(64)72-78-70(49-19-9-3-10-20-49)77-71(79-72)50-21-11-4-12-22-50/h2-43H. The molecule has 0 amide bonds. The number of rotatable bonds is 8. The van der Waals surface area contributed by atoms with Gasteiger partial charge in [0.15, 0.2) is 23.2 Å². The summed E-state index contributed by atoms with van der Waals surface area (Å²) < 4.78 is 2.28. The molecule has 4 heterocycles. The molecule has 0 N–H and O–H groups in total. The first-order valence-electron chi connectivity index (χ1n) is 27.0. The smallest absolute Gasteiger partial charge is 0.251 e. The Hall–Kier alpha value is -11.6. The molecule has 378 valence electrons. The molecule has 0 atom stereocenters. The fourth-order valence-corrected chi connectivity index (χ4v) is 12.2. The summed E-state index contributed by atoms with van der Waals surface area (Å²) in [5, 5.41) is 23.0. The summed E-state index contributed by atoms with van der Waals surface area (Å²) in [4.78, 5) is 24.0. The molecular weight excluding hydrogens is 1000 g/mol. The molecule has 0 bridgehead atoms. The number of hydrogen-bond acceptors (Lipinski definition) is 7. The van der Waals surface area contributed by atoms with Gasteiger partial charge in [0.2, 0.25) is 0 Å². The van der Waals surface area contributed by atoms with Crippen LogP contribution in [0, 0.1) is 29.2 Å². The molecule has 2 aliphatic rings. The lowest BCUT2D eigenvalue weighted by Crippen LogP contribution is -2.61. The van der Waals surface area contributed by atoms with Crippen molar-refractivity contribution in [2.75, 3.05) is 9.80 Å². The zero-order valence-electron chi connectivity index (χ0n) is 43.9. The summed E-state index contributed by atoms with van der Waals surface area (Å²) in [5.74, 6) is 1.48. The normalized spacial score (nSPS) is 12.0. The number of anilines is 6. The third kappa shape index (κ3) is 7.81. The fourth-order valence-electron chi connectivity index (χ4n) is 12.2. The van der Waals surface area contributed by atoms with E-state index in [9.17, 15) is 10.5 Å². The Morgan fingerprint density at radius 2 is 0.841 bits per heavy atom. The van der Waals surface area contributed by atoms with Gasteiger partial charge in [-0.3, -0.25) is 0 Å². The predicted octanol–water partition coefficient (Wildman–Crippen LogP) is 15.7. The van der Waals surface area contributed by atoms with E-state index in [0.717, 1.165) is 111 Å². The van der Waals surface area contributed by atoms with Crippen molar-refractivity contribution >= 4 is 84.7 Å². The number of fused-ring (bicyclic) bond motifs is 7. The zero-order chi connectivity index (χ0) is 54.8. The summed E-state index contributed by atoms with van der Waals surface area (Å²) >= 11 is 0. The number of nitrogens with zero attached hydrogens (tertiary/aromatic N) is 9. The molecule has 0 spiro atoms. The molecule has 10 heteroatoms. The molecule has 13 aromatic rings. The maximum absolute atomic E-state index is 10.5. The number of benzene rings is 11. The number of nitriles is 2. The topological polar surface area (TPSA) is 102 Å². The van der Waals surface area contributed by atoms with E-state index in [1.165, 1.54) is 0 Å². The van der Waals surface area contributed by atoms with Crippen LogP contribution in [0.2, 0.25) is 0 Å². The number of aromatic nitrogens is 4. The Balaban J connectivity index is 1.00. The van der Waals surface area contributed by atoms with Gasteiger partial charge in [0.25, 0.3) is 6.71 Å². The van der Waals surface area contributed by atoms with E-state index in [1.807, 2.05) is 121 Å². The number of para-hydroxylation sites is 2. The lowest BCUT2D eigenvalue weighted by molar-refractivity contribution is 1.06. The minimum atomic E-state index is -0.216. The van der Waals surface area contributed by atoms with Crippen molar-refractivity contribution in [3.63, 3.8) is 0 Å². The summed E-state index contributed by atoms with van der Waals surface area (Å²) in [6.07, 6.45) is 0. The van der Waals surface area contributed by atoms with Crippen LogP contribution in [0.3, 0.4) is 0 Å². The van der Waals surface area contributed by atoms with E-state index in [2.05, 4.69) is 165 Å². The molecule has 0 saturated heterocycles. The van der Waals surface area contributed by atoms with Crippen LogP contribution in [0.25, 0.3) is 88.8 Å². The summed E-state index contributed by atoms with van der Waals surface area (Å²) in [6.45, 7) is 7.97. The highest BCUT2D eigenvalue weighted by Gasteiger charge is 2.44. The highest BCUT2D eigenvalue weighted by Crippen LogP contribution is 2.48. The monoisotopic (exact) mass is 1040 g/mol. The summed E-state index contributed by atoms with van der Waals surface area (Å²) in [7, 11) is 0. The van der Waals surface area contributed by atoms with Crippen LogP contribution in [-0.4, -0.2) is 26.2 Å². The maximum atomic E-state index is 10.5. The average molecular weight is 1040 g/mol. The van der Waals surface area contributed by atoms with Crippen molar-refractivity contribution < 1.29 is 0 Å². The van der Waals surface area contributed by atoms with Crippen molar-refractivity contribution in [2.24, 2.45) is 0 Å². The minimum absolute atomic E-state index is 0.216. The second-order valence-electron chi connectivity index (χ2n) is 20.5. The SMILES string of the molecule is [C-]#[N+]c1ccc2c(c1)N(c1ccccc1)c1cc(-c3ccc4c(c3)c3cc(-c5ccccc5)ccc3n4-c3ccc(C#N)cc3-c3nc(-c4ccccc4)nc(-c4ccccc4)n3)cc3c1B2c1ccc(C#N)cc1N3c1ccccc1. The molecule has 11 aromatic carbocycles. The summed E-state index contributed by atoms with van der Waals surface area (Å²) in [6, 6.07) is 91.8. The van der Waals surface area contributed by atoms with Crippen LogP contribution in [0.4, 0.5) is 39.8 Å². The van der Waals surface area contributed by atoms with Crippen molar-refractivity contribution in [1.29, 1.82) is 10.5 Å². The van der Waals surface area contributed by atoms with E-state index >= 15 is 0 Å². The fraction of sp³-hybridized carbons (Fsp3) is 0. The maximum Gasteiger partial charge on any atom is 0.251 e. The largest absolute Gasteiger partial charge is 0.313 e. The van der Waals surface area contributed by atoms with Crippen molar-refractivity contribution in [3.8, 4) is 74.2 Å². The quantitative estimate of drug-likeness (QED) is 0.110. The Morgan fingerprint density at radius 3 is 1.38 bits per heavy atom. The van der Waals surface area contributed by atoms with Gasteiger partial charge in [-0.15, -0.1) is 0 Å². The van der Waals surface area contributed by atoms with E-state index in [1.54, 1.807) is 0 Å². The first kappa shape index (κ1) is 47.6. The van der Waals surface area contributed by atoms with Gasteiger partial charge in [-0.1, -0.05) is 158 Å². The third-order valence-electron chi connectivity index (χ3n) is 15.9. The first-order chi connectivity index (χ1) is 40.5. The molecule has 9 nitrogen and oxygen atoms in total. The minimum Gasteiger partial charge on any atom is -0.313 e. The third-order valence-corrected chi connectivity index (χ3v) is 15.9. The predicted molar refractivity (Wildman–Crippen MR) is 331 cm³/mol. The van der Waals surface area contributed by atoms with E-state index in [-0.39, 0.29) is 6.71 Å². The van der Waals surface area contributed by atoms with Gasteiger partial charge >= 0.3 is 0 Å². The van der Waals surface area contributed by atoms with Crippen LogP contribution in [0.5, 0.6) is 0 Å². The Morgan fingerprint density at radius 1 is 0.378 bits per heavy atom. The van der Waals surface area contributed by atoms with Gasteiger partial charge in [-0.25, -0.2) is 19.8 Å². The Labute approximate surface area is 473 Å². The summed E-state index contributed by atoms with van der Waals surface area (Å²) in [5.41, 5.74) is 19.9. The molecule has 0 saturated carbocycles. The van der Waals surface area contributed by atoms with Gasteiger partial charge < -0.3 is 14.4 Å². The molecule has 2 aromatic heterocycles. The molecule has 0 aliphatic carbocycles. The lowest BCUT2D eigenvalue weighted by Gasteiger charge is -2.44. The Bertz CT molecular complexity index is 4660. The highest BCUT2D eigenvalue weighted by molar-refractivity contribution is 7.00. The van der Waals surface area contributed by atoms with Gasteiger partial charge in [0.05, 0.1) is 46.6 Å². The highest BCUT2D eigenvalue weighted by atomic mass is 15.2. The van der Waals surface area contributed by atoms with Crippen LogP contribution >= 0.6 is 0 Å². The lowest BCUT2D eigenvalue weighted by atomic mass is 9.33. The second kappa shape index (κ2) is 19.4. The molecule has 2 aliphatic heterocycles. The van der Waals surface area contributed by atoms with Crippen molar-refractivity contribution in [1.82, 2.24) is 19.5 Å². The second-order valence-corrected chi connectivity index (χ2v) is 20.5. The molecule has 82 heavy (non-hydrogen) atoms. The van der Waals surface area contributed by atoms with Gasteiger partial charge in [-0.2, -0.15) is 10.5 Å². The molecule has 0 unspecified atom stereocenters. The van der Waals surface area contributed by atoms with Crippen molar-refractivity contribution in [2.45, 2.75) is 0 Å². The van der Waals surface area contributed by atoms with E-state index in [0.29, 0.717) is 39.9 Å². The van der Waals surface area contributed by atoms with Crippen LogP contribution < -0.4 is 26.2 Å². The van der Waals surface area contributed by atoms with Gasteiger partial charge in [0.1, 0.15) is 0 Å². The molecule has 0 radical (unpaired) electrons. The molecule has 0 fully saturated rings. The average Bonchev–Trinajstić information content (AvgIpc) is 1.40. The van der Waals surface area contributed by atoms with Crippen LogP contribution in [0.15, 0.2) is 255 Å². The first-order valence-corrected chi connectivity index (χ1v) is 27.0. The van der Waals surface area contributed by atoms with Gasteiger partial charge in [0, 0.05) is 61.6 Å². The molecular formula is C72H42BN9. The van der Waals surface area contributed by atoms with Gasteiger partial charge in [-0.05, 0) is 136 Å².